The van der Waals surface area contributed by atoms with Gasteiger partial charge >= 0.3 is 0 Å². The fourth-order valence-electron chi connectivity index (χ4n) is 1.80. The van der Waals surface area contributed by atoms with Crippen molar-refractivity contribution in [3.05, 3.63) is 17.5 Å². The molecule has 1 aromatic rings. The summed E-state index contributed by atoms with van der Waals surface area (Å²) < 4.78 is 4.79. The third-order valence-corrected chi connectivity index (χ3v) is 2.72. The van der Waals surface area contributed by atoms with Crippen LogP contribution < -0.4 is 5.32 Å². The topological polar surface area (TPSA) is 75.4 Å². The summed E-state index contributed by atoms with van der Waals surface area (Å²) in [5, 5.41) is 6.12. The van der Waals surface area contributed by atoms with Crippen molar-refractivity contribution in [1.29, 1.82) is 0 Å². The second-order valence-electron chi connectivity index (χ2n) is 4.09. The molecule has 1 aromatic heterocycles. The molecule has 0 saturated carbocycles. The van der Waals surface area contributed by atoms with E-state index in [9.17, 15) is 9.59 Å². The van der Waals surface area contributed by atoms with Crippen LogP contribution in [0.25, 0.3) is 0 Å². The Labute approximate surface area is 98.9 Å². The number of carbonyl (C=O) groups is 2. The third kappa shape index (κ3) is 2.83. The first-order chi connectivity index (χ1) is 8.16. The van der Waals surface area contributed by atoms with Crippen LogP contribution in [0.4, 0.5) is 0 Å². The van der Waals surface area contributed by atoms with Gasteiger partial charge in [0.2, 0.25) is 5.91 Å². The van der Waals surface area contributed by atoms with Crippen LogP contribution in [0.3, 0.4) is 0 Å². The lowest BCUT2D eigenvalue weighted by Gasteiger charge is -2.14. The molecule has 2 rings (SSSR count). The number of aromatic nitrogens is 1. The zero-order chi connectivity index (χ0) is 12.3. The van der Waals surface area contributed by atoms with Crippen molar-refractivity contribution in [2.45, 2.75) is 19.8 Å². The van der Waals surface area contributed by atoms with Gasteiger partial charge < -0.3 is 14.7 Å². The van der Waals surface area contributed by atoms with Crippen molar-refractivity contribution >= 4 is 11.8 Å². The van der Waals surface area contributed by atoms with Crippen LogP contribution in [-0.2, 0) is 4.79 Å². The molecule has 6 heteroatoms. The van der Waals surface area contributed by atoms with Crippen molar-refractivity contribution in [3.63, 3.8) is 0 Å². The zero-order valence-corrected chi connectivity index (χ0v) is 9.73. The van der Waals surface area contributed by atoms with Crippen molar-refractivity contribution in [1.82, 2.24) is 15.4 Å². The van der Waals surface area contributed by atoms with E-state index < -0.39 is 0 Å². The van der Waals surface area contributed by atoms with Gasteiger partial charge in [0.15, 0.2) is 5.69 Å². The molecule has 1 saturated heterocycles. The van der Waals surface area contributed by atoms with Crippen molar-refractivity contribution in [2.24, 2.45) is 0 Å². The fraction of sp³-hybridized carbons (Fsp3) is 0.545. The van der Waals surface area contributed by atoms with Gasteiger partial charge in [-0.1, -0.05) is 5.16 Å². The summed E-state index contributed by atoms with van der Waals surface area (Å²) in [4.78, 5) is 25.0. The monoisotopic (exact) mass is 237 g/mol. The van der Waals surface area contributed by atoms with Crippen LogP contribution in [0, 0.1) is 6.92 Å². The quantitative estimate of drug-likeness (QED) is 0.822. The minimum absolute atomic E-state index is 0.0186. The highest BCUT2D eigenvalue weighted by molar-refractivity contribution is 5.94. The molecule has 0 atom stereocenters. The Kier molecular flexibility index (Phi) is 3.41. The fourth-order valence-corrected chi connectivity index (χ4v) is 1.80. The normalized spacial score (nSPS) is 15.0. The molecule has 6 nitrogen and oxygen atoms in total. The van der Waals surface area contributed by atoms with Crippen LogP contribution in [-0.4, -0.2) is 41.5 Å². The summed E-state index contributed by atoms with van der Waals surface area (Å²) in [7, 11) is 0. The lowest BCUT2D eigenvalue weighted by Crippen LogP contribution is -2.38. The molecule has 2 heterocycles. The van der Waals surface area contributed by atoms with Crippen LogP contribution in [0.5, 0.6) is 0 Å². The Balaban J connectivity index is 1.81. The summed E-state index contributed by atoms with van der Waals surface area (Å²) in [5.41, 5.74) is 0.205. The molecule has 0 spiro atoms. The third-order valence-electron chi connectivity index (χ3n) is 2.72. The van der Waals surface area contributed by atoms with Crippen LogP contribution in [0.15, 0.2) is 10.6 Å². The SMILES string of the molecule is Cc1cc(C(=O)NCC(=O)N2CCCC2)no1. The minimum atomic E-state index is -0.380. The minimum Gasteiger partial charge on any atom is -0.361 e. The predicted molar refractivity (Wildman–Crippen MR) is 59.4 cm³/mol. The summed E-state index contributed by atoms with van der Waals surface area (Å²) in [6.07, 6.45) is 2.09. The number of amides is 2. The van der Waals surface area contributed by atoms with Crippen LogP contribution >= 0.6 is 0 Å². The first-order valence-electron chi connectivity index (χ1n) is 5.66. The zero-order valence-electron chi connectivity index (χ0n) is 9.73. The van der Waals surface area contributed by atoms with Crippen molar-refractivity contribution in [2.75, 3.05) is 19.6 Å². The number of carbonyl (C=O) groups excluding carboxylic acids is 2. The van der Waals surface area contributed by atoms with Gasteiger partial charge in [0.1, 0.15) is 5.76 Å². The predicted octanol–water partition coefficient (Wildman–Crippen LogP) is 0.335. The van der Waals surface area contributed by atoms with Gasteiger partial charge in [0.25, 0.3) is 5.91 Å². The Morgan fingerprint density at radius 3 is 2.76 bits per heavy atom. The van der Waals surface area contributed by atoms with E-state index >= 15 is 0 Å². The molecule has 1 N–H and O–H groups in total. The average molecular weight is 237 g/mol. The van der Waals surface area contributed by atoms with E-state index in [0.29, 0.717) is 5.76 Å². The maximum Gasteiger partial charge on any atom is 0.273 e. The van der Waals surface area contributed by atoms with E-state index in [2.05, 4.69) is 10.5 Å². The highest BCUT2D eigenvalue weighted by Gasteiger charge is 2.19. The molecule has 1 aliphatic rings. The number of hydrogen-bond donors (Lipinski definition) is 1. The largest absolute Gasteiger partial charge is 0.361 e. The van der Waals surface area contributed by atoms with Gasteiger partial charge in [-0.15, -0.1) is 0 Å². The Morgan fingerprint density at radius 2 is 2.18 bits per heavy atom. The van der Waals surface area contributed by atoms with Gasteiger partial charge in [-0.3, -0.25) is 9.59 Å². The van der Waals surface area contributed by atoms with Crippen molar-refractivity contribution < 1.29 is 14.1 Å². The number of likely N-dealkylation sites (tertiary alicyclic amines) is 1. The molecule has 1 aliphatic heterocycles. The molecule has 0 aromatic carbocycles. The number of nitrogens with one attached hydrogen (secondary N) is 1. The first kappa shape index (κ1) is 11.6. The van der Waals surface area contributed by atoms with E-state index in [-0.39, 0.29) is 24.1 Å². The van der Waals surface area contributed by atoms with E-state index in [1.54, 1.807) is 11.8 Å². The standard InChI is InChI=1S/C11H15N3O3/c1-8-6-9(13-17-8)11(16)12-7-10(15)14-4-2-3-5-14/h6H,2-5,7H2,1H3,(H,12,16). The Morgan fingerprint density at radius 1 is 1.47 bits per heavy atom. The number of nitrogens with zero attached hydrogens (tertiary/aromatic N) is 2. The van der Waals surface area contributed by atoms with E-state index in [1.165, 1.54) is 6.07 Å². The first-order valence-corrected chi connectivity index (χ1v) is 5.66. The molecule has 2 amide bonds. The van der Waals surface area contributed by atoms with Gasteiger partial charge in [-0.05, 0) is 19.8 Å². The Bertz CT molecular complexity index is 421. The van der Waals surface area contributed by atoms with Crippen molar-refractivity contribution in [3.8, 4) is 0 Å². The average Bonchev–Trinajstić information content (AvgIpc) is 2.95. The van der Waals surface area contributed by atoms with Crippen LogP contribution in [0.1, 0.15) is 29.1 Å². The lowest BCUT2D eigenvalue weighted by molar-refractivity contribution is -0.129. The molecule has 17 heavy (non-hydrogen) atoms. The van der Waals surface area contributed by atoms with E-state index in [4.69, 9.17) is 4.52 Å². The van der Waals surface area contributed by atoms with Gasteiger partial charge in [0, 0.05) is 19.2 Å². The highest BCUT2D eigenvalue weighted by Crippen LogP contribution is 2.07. The summed E-state index contributed by atoms with van der Waals surface area (Å²) >= 11 is 0. The molecule has 0 aliphatic carbocycles. The molecular formula is C11H15N3O3. The molecule has 0 radical (unpaired) electrons. The summed E-state index contributed by atoms with van der Waals surface area (Å²) in [5.74, 6) is 0.145. The summed E-state index contributed by atoms with van der Waals surface area (Å²) in [6, 6.07) is 1.54. The number of hydrogen-bond acceptors (Lipinski definition) is 4. The van der Waals surface area contributed by atoms with Gasteiger partial charge in [-0.2, -0.15) is 0 Å². The molecular weight excluding hydrogens is 222 g/mol. The Hall–Kier alpha value is -1.85. The maximum absolute atomic E-state index is 11.7. The lowest BCUT2D eigenvalue weighted by atomic mass is 10.3. The van der Waals surface area contributed by atoms with Crippen LogP contribution in [0.2, 0.25) is 0 Å². The van der Waals surface area contributed by atoms with Gasteiger partial charge in [-0.25, -0.2) is 0 Å². The second kappa shape index (κ2) is 4.99. The summed E-state index contributed by atoms with van der Waals surface area (Å²) in [6.45, 7) is 3.31. The second-order valence-corrected chi connectivity index (χ2v) is 4.09. The van der Waals surface area contributed by atoms with Gasteiger partial charge in [0.05, 0.1) is 6.54 Å². The van der Waals surface area contributed by atoms with E-state index in [0.717, 1.165) is 25.9 Å². The highest BCUT2D eigenvalue weighted by atomic mass is 16.5. The maximum atomic E-state index is 11.7. The smallest absolute Gasteiger partial charge is 0.273 e. The molecule has 1 fully saturated rings. The molecule has 92 valence electrons. The molecule has 0 bridgehead atoms. The van der Waals surface area contributed by atoms with E-state index in [1.807, 2.05) is 0 Å². The number of rotatable bonds is 3. The molecule has 0 unspecified atom stereocenters. The number of aryl methyl sites for hydroxylation is 1.